The Balaban J connectivity index is 1.98. The zero-order valence-electron chi connectivity index (χ0n) is 16.3. The molecular weight excluding hydrogens is 406 g/mol. The highest BCUT2D eigenvalue weighted by molar-refractivity contribution is 7.86. The number of pyridine rings is 1. The van der Waals surface area contributed by atoms with Crippen LogP contribution in [-0.4, -0.2) is 34.6 Å². The molecular formula is C21H21N3O5S. The quantitative estimate of drug-likeness (QED) is 0.422. The Labute approximate surface area is 173 Å². The van der Waals surface area contributed by atoms with E-state index in [1.165, 1.54) is 24.4 Å². The Morgan fingerprint density at radius 3 is 2.50 bits per heavy atom. The number of hydrogen-bond donors (Lipinski definition) is 3. The van der Waals surface area contributed by atoms with Crippen LogP contribution in [0.15, 0.2) is 36.7 Å². The number of aryl methyl sites for hydroxylation is 1. The number of primary amides is 1. The minimum Gasteiger partial charge on any atom is -0.366 e. The summed E-state index contributed by atoms with van der Waals surface area (Å²) < 4.78 is 33.4. The topological polar surface area (TPSA) is 143 Å². The maximum Gasteiger partial charge on any atom is 0.274 e. The van der Waals surface area contributed by atoms with E-state index in [1.54, 1.807) is 12.3 Å². The number of nitrogens with two attached hydrogens (primary N) is 1. The van der Waals surface area contributed by atoms with Gasteiger partial charge in [-0.05, 0) is 49.1 Å². The van der Waals surface area contributed by atoms with Crippen LogP contribution in [0.4, 0.5) is 0 Å². The van der Waals surface area contributed by atoms with E-state index in [-0.39, 0.29) is 29.5 Å². The maximum absolute atomic E-state index is 13.6. The fraction of sp³-hybridized carbons (Fsp3) is 0.286. The van der Waals surface area contributed by atoms with Gasteiger partial charge in [0.15, 0.2) is 5.78 Å². The number of carbonyl (C=O) groups is 2. The molecule has 9 heteroatoms. The summed E-state index contributed by atoms with van der Waals surface area (Å²) in [6.45, 7) is 1.85. The number of hydrogen-bond acceptors (Lipinski definition) is 5. The van der Waals surface area contributed by atoms with Gasteiger partial charge in [0, 0.05) is 34.5 Å². The second-order valence-corrected chi connectivity index (χ2v) is 9.47. The van der Waals surface area contributed by atoms with E-state index in [9.17, 15) is 22.6 Å². The van der Waals surface area contributed by atoms with Gasteiger partial charge in [0.05, 0.1) is 0 Å². The summed E-state index contributed by atoms with van der Waals surface area (Å²) in [5.74, 6) is -1.21. The lowest BCUT2D eigenvalue weighted by Gasteiger charge is -2.28. The molecule has 0 radical (unpaired) electrons. The van der Waals surface area contributed by atoms with Gasteiger partial charge >= 0.3 is 0 Å². The Bertz CT molecular complexity index is 1290. The largest absolute Gasteiger partial charge is 0.366 e. The van der Waals surface area contributed by atoms with E-state index >= 15 is 0 Å². The molecule has 0 spiro atoms. The molecule has 8 nitrogen and oxygen atoms in total. The normalized spacial score (nSPS) is 16.1. The van der Waals surface area contributed by atoms with Crippen molar-refractivity contribution in [3.05, 3.63) is 64.5 Å². The molecule has 0 bridgehead atoms. The van der Waals surface area contributed by atoms with Gasteiger partial charge in [0.2, 0.25) is 5.91 Å². The van der Waals surface area contributed by atoms with E-state index in [4.69, 9.17) is 5.73 Å². The molecule has 156 valence electrons. The lowest BCUT2D eigenvalue weighted by molar-refractivity contribution is 0.1000. The number of nitrogens with zero attached hydrogens (tertiary/aromatic N) is 1. The summed E-state index contributed by atoms with van der Waals surface area (Å²) in [6.07, 6.45) is 4.75. The van der Waals surface area contributed by atoms with Gasteiger partial charge in [-0.3, -0.25) is 14.1 Å². The smallest absolute Gasteiger partial charge is 0.274 e. The van der Waals surface area contributed by atoms with Crippen LogP contribution in [0.25, 0.3) is 11.0 Å². The summed E-state index contributed by atoms with van der Waals surface area (Å²) in [5, 5.41) is 0.586. The third-order valence-electron chi connectivity index (χ3n) is 5.86. The number of benzene rings is 1. The second-order valence-electron chi connectivity index (χ2n) is 7.74. The van der Waals surface area contributed by atoms with E-state index in [1.807, 2.05) is 6.92 Å². The predicted octanol–water partition coefficient (Wildman–Crippen LogP) is 2.86. The van der Waals surface area contributed by atoms with E-state index in [2.05, 4.69) is 9.97 Å². The Morgan fingerprint density at radius 1 is 1.17 bits per heavy atom. The summed E-state index contributed by atoms with van der Waals surface area (Å²) in [5.41, 5.74) is 7.37. The second kappa shape index (κ2) is 7.03. The van der Waals surface area contributed by atoms with E-state index in [0.717, 1.165) is 5.56 Å². The molecule has 0 aliphatic heterocycles. The minimum absolute atomic E-state index is 0.0354. The number of fused-ring (bicyclic) bond motifs is 1. The molecule has 2 heterocycles. The summed E-state index contributed by atoms with van der Waals surface area (Å²) in [6, 6.07) is 5.93. The van der Waals surface area contributed by atoms with Crippen LogP contribution in [-0.2, 0) is 14.9 Å². The number of aromatic nitrogens is 2. The number of nitrogens with one attached hydrogen (secondary N) is 1. The predicted molar refractivity (Wildman–Crippen MR) is 111 cm³/mol. The average molecular weight is 427 g/mol. The van der Waals surface area contributed by atoms with Crippen LogP contribution in [0.5, 0.6) is 0 Å². The molecule has 4 rings (SSSR count). The number of H-pyrrole nitrogens is 1. The summed E-state index contributed by atoms with van der Waals surface area (Å²) in [7, 11) is -4.51. The average Bonchev–Trinajstić information content (AvgIpc) is 3.34. The van der Waals surface area contributed by atoms with Crippen molar-refractivity contribution < 1.29 is 22.6 Å². The first-order valence-corrected chi connectivity index (χ1v) is 11.0. The summed E-state index contributed by atoms with van der Waals surface area (Å²) >= 11 is 0. The van der Waals surface area contributed by atoms with Crippen molar-refractivity contribution >= 4 is 32.8 Å². The lowest BCUT2D eigenvalue weighted by atomic mass is 9.87. The molecule has 0 unspecified atom stereocenters. The molecule has 1 amide bonds. The highest BCUT2D eigenvalue weighted by Gasteiger charge is 2.48. The molecule has 30 heavy (non-hydrogen) atoms. The van der Waals surface area contributed by atoms with Crippen LogP contribution < -0.4 is 5.73 Å². The molecule has 4 N–H and O–H groups in total. The molecule has 0 saturated heterocycles. The van der Waals surface area contributed by atoms with Gasteiger partial charge in [-0.1, -0.05) is 18.9 Å². The molecule has 2 aromatic heterocycles. The van der Waals surface area contributed by atoms with Crippen LogP contribution in [0.1, 0.15) is 63.1 Å². The minimum atomic E-state index is -4.51. The van der Waals surface area contributed by atoms with E-state index < -0.39 is 26.6 Å². The first kappa shape index (κ1) is 20.2. The Kier molecular flexibility index (Phi) is 4.74. The highest BCUT2D eigenvalue weighted by Crippen LogP contribution is 2.47. The van der Waals surface area contributed by atoms with Gasteiger partial charge in [0.1, 0.15) is 10.4 Å². The van der Waals surface area contributed by atoms with Crippen LogP contribution in [0.3, 0.4) is 0 Å². The molecule has 1 aliphatic rings. The van der Waals surface area contributed by atoms with Crippen LogP contribution in [0.2, 0.25) is 0 Å². The molecule has 0 atom stereocenters. The van der Waals surface area contributed by atoms with Crippen molar-refractivity contribution in [3.8, 4) is 0 Å². The van der Waals surface area contributed by atoms with E-state index in [0.29, 0.717) is 29.4 Å². The van der Waals surface area contributed by atoms with Crippen molar-refractivity contribution in [2.45, 2.75) is 37.4 Å². The Morgan fingerprint density at radius 2 is 1.87 bits per heavy atom. The number of amides is 1. The zero-order valence-corrected chi connectivity index (χ0v) is 17.1. The Hall–Kier alpha value is -3.04. The third kappa shape index (κ3) is 3.10. The fourth-order valence-corrected chi connectivity index (χ4v) is 5.60. The number of rotatable bonds is 5. The van der Waals surface area contributed by atoms with Gasteiger partial charge in [0.25, 0.3) is 10.1 Å². The number of ketones is 1. The van der Waals surface area contributed by atoms with Crippen molar-refractivity contribution in [2.24, 2.45) is 5.73 Å². The first-order chi connectivity index (χ1) is 14.1. The van der Waals surface area contributed by atoms with Crippen molar-refractivity contribution in [1.82, 2.24) is 9.97 Å². The van der Waals surface area contributed by atoms with Gasteiger partial charge in [-0.2, -0.15) is 8.42 Å². The monoisotopic (exact) mass is 427 g/mol. The molecule has 1 fully saturated rings. The molecule has 1 saturated carbocycles. The number of aromatic amines is 1. The first-order valence-electron chi connectivity index (χ1n) is 9.54. The molecule has 1 aromatic carbocycles. The van der Waals surface area contributed by atoms with Crippen molar-refractivity contribution in [2.75, 3.05) is 0 Å². The molecule has 3 aromatic rings. The maximum atomic E-state index is 13.6. The van der Waals surface area contributed by atoms with Crippen LogP contribution >= 0.6 is 0 Å². The van der Waals surface area contributed by atoms with Gasteiger partial charge in [-0.15, -0.1) is 0 Å². The SMILES string of the molecule is Cc1cnc2[nH]cc(C(=O)c3cc(C(N)=O)ccc3C3(S(=O)(=O)O)CCCC3)c2c1. The van der Waals surface area contributed by atoms with Gasteiger partial charge in [-0.25, -0.2) is 4.98 Å². The summed E-state index contributed by atoms with van der Waals surface area (Å²) in [4.78, 5) is 32.5. The standard InChI is InChI=1S/C21H21N3O5S/c1-12-8-14-16(11-24-20(14)23-10-12)18(25)15-9-13(19(22)26)4-5-17(15)21(30(27,28)29)6-2-3-7-21/h4-5,8-11H,2-3,6-7H2,1H3,(H2,22,26)(H,23,24)(H,27,28,29). The third-order valence-corrected chi connectivity index (χ3v) is 7.47. The van der Waals surface area contributed by atoms with Crippen molar-refractivity contribution in [3.63, 3.8) is 0 Å². The fourth-order valence-electron chi connectivity index (χ4n) is 4.34. The number of carbonyl (C=O) groups excluding carboxylic acids is 2. The zero-order chi connectivity index (χ0) is 21.7. The molecule has 1 aliphatic carbocycles. The van der Waals surface area contributed by atoms with Crippen LogP contribution in [0, 0.1) is 6.92 Å². The highest BCUT2D eigenvalue weighted by atomic mass is 32.2. The lowest BCUT2D eigenvalue weighted by Crippen LogP contribution is -2.34. The van der Waals surface area contributed by atoms with Gasteiger partial charge < -0.3 is 10.7 Å². The van der Waals surface area contributed by atoms with Crippen molar-refractivity contribution in [1.29, 1.82) is 0 Å².